The molecule has 0 aromatic rings. The summed E-state index contributed by atoms with van der Waals surface area (Å²) < 4.78 is 0. The van der Waals surface area contributed by atoms with Gasteiger partial charge in [0, 0.05) is 12.6 Å². The van der Waals surface area contributed by atoms with Crippen LogP contribution in [0.15, 0.2) is 0 Å². The summed E-state index contributed by atoms with van der Waals surface area (Å²) in [5.74, 6) is -0.208. The van der Waals surface area contributed by atoms with E-state index in [4.69, 9.17) is 0 Å². The topological polar surface area (TPSA) is 69.6 Å². The number of carboxylic acid groups (broad SMARTS) is 1. The number of hydrogen-bond acceptors (Lipinski definition) is 2. The Hall–Kier alpha value is -1.26. The fraction of sp³-hybridized carbons (Fsp3) is 0.867. The number of aliphatic carboxylic acids is 1. The van der Waals surface area contributed by atoms with Gasteiger partial charge >= 0.3 is 12.0 Å². The first-order valence-corrected chi connectivity index (χ1v) is 7.62. The van der Waals surface area contributed by atoms with Gasteiger partial charge in [0.2, 0.25) is 0 Å². The van der Waals surface area contributed by atoms with Crippen molar-refractivity contribution in [1.82, 2.24) is 10.2 Å². The number of hydrogen-bond donors (Lipinski definition) is 2. The van der Waals surface area contributed by atoms with Crippen molar-refractivity contribution in [3.63, 3.8) is 0 Å². The molecule has 3 atom stereocenters. The summed E-state index contributed by atoms with van der Waals surface area (Å²) in [4.78, 5) is 24.9. The molecule has 0 bridgehead atoms. The van der Waals surface area contributed by atoms with Crippen LogP contribution in [0.4, 0.5) is 4.79 Å². The molecule has 5 heteroatoms. The predicted octanol–water partition coefficient (Wildman–Crippen LogP) is 2.71. The molecule has 0 spiro atoms. The number of carbonyl (C=O) groups excluding carboxylic acids is 1. The van der Waals surface area contributed by atoms with Gasteiger partial charge in [0.25, 0.3) is 0 Å². The molecule has 0 aromatic carbocycles. The second kappa shape index (κ2) is 7.50. The van der Waals surface area contributed by atoms with Crippen LogP contribution in [-0.2, 0) is 4.79 Å². The SMILES string of the molecule is CC(C)CCCC(C)NC(=O)N1CCC(C)C1C(=O)O. The van der Waals surface area contributed by atoms with Crippen molar-refractivity contribution in [2.45, 2.75) is 65.5 Å². The average molecular weight is 284 g/mol. The molecule has 0 aromatic heterocycles. The number of likely N-dealkylation sites (tertiary alicyclic amines) is 1. The van der Waals surface area contributed by atoms with Crippen molar-refractivity contribution >= 4 is 12.0 Å². The summed E-state index contributed by atoms with van der Waals surface area (Å²) in [6.07, 6.45) is 3.92. The standard InChI is InChI=1S/C15H28N2O3/c1-10(2)6-5-7-12(4)16-15(20)17-9-8-11(3)13(17)14(18)19/h10-13H,5-9H2,1-4H3,(H,16,20)(H,18,19). The van der Waals surface area contributed by atoms with E-state index in [1.807, 2.05) is 13.8 Å². The van der Waals surface area contributed by atoms with Gasteiger partial charge in [0.1, 0.15) is 6.04 Å². The lowest BCUT2D eigenvalue weighted by molar-refractivity contribution is -0.142. The van der Waals surface area contributed by atoms with Crippen LogP contribution in [0, 0.1) is 11.8 Å². The summed E-state index contributed by atoms with van der Waals surface area (Å²) in [6, 6.07) is -0.830. The summed E-state index contributed by atoms with van der Waals surface area (Å²) in [6.45, 7) is 8.77. The number of nitrogens with one attached hydrogen (secondary N) is 1. The summed E-state index contributed by atoms with van der Waals surface area (Å²) in [5, 5.41) is 12.1. The van der Waals surface area contributed by atoms with Gasteiger partial charge in [-0.15, -0.1) is 0 Å². The molecule has 5 nitrogen and oxygen atoms in total. The zero-order chi connectivity index (χ0) is 15.3. The third kappa shape index (κ3) is 4.69. The molecular weight excluding hydrogens is 256 g/mol. The molecule has 1 aliphatic rings. The Labute approximate surface area is 121 Å². The third-order valence-electron chi connectivity index (χ3n) is 4.00. The minimum Gasteiger partial charge on any atom is -0.480 e. The first kappa shape index (κ1) is 16.8. The predicted molar refractivity (Wildman–Crippen MR) is 78.6 cm³/mol. The van der Waals surface area contributed by atoms with E-state index in [9.17, 15) is 14.7 Å². The van der Waals surface area contributed by atoms with Crippen LogP contribution in [-0.4, -0.2) is 40.6 Å². The molecule has 1 rings (SSSR count). The van der Waals surface area contributed by atoms with Crippen molar-refractivity contribution < 1.29 is 14.7 Å². The first-order chi connectivity index (χ1) is 9.32. The lowest BCUT2D eigenvalue weighted by Gasteiger charge is -2.25. The van der Waals surface area contributed by atoms with Crippen LogP contribution in [0.3, 0.4) is 0 Å². The van der Waals surface area contributed by atoms with Gasteiger partial charge in [-0.2, -0.15) is 0 Å². The fourth-order valence-corrected chi connectivity index (χ4v) is 2.75. The first-order valence-electron chi connectivity index (χ1n) is 7.62. The molecule has 0 aliphatic carbocycles. The summed E-state index contributed by atoms with van der Waals surface area (Å²) in [5.41, 5.74) is 0. The van der Waals surface area contributed by atoms with Crippen LogP contribution >= 0.6 is 0 Å². The van der Waals surface area contributed by atoms with Gasteiger partial charge in [-0.3, -0.25) is 0 Å². The normalized spacial score (nSPS) is 23.9. The van der Waals surface area contributed by atoms with E-state index < -0.39 is 12.0 Å². The van der Waals surface area contributed by atoms with Gasteiger partial charge < -0.3 is 15.3 Å². The fourth-order valence-electron chi connectivity index (χ4n) is 2.75. The molecule has 116 valence electrons. The molecule has 0 radical (unpaired) electrons. The quantitative estimate of drug-likeness (QED) is 0.788. The number of urea groups is 1. The highest BCUT2D eigenvalue weighted by Crippen LogP contribution is 2.24. The van der Waals surface area contributed by atoms with Crippen LogP contribution in [0.2, 0.25) is 0 Å². The second-order valence-electron chi connectivity index (χ2n) is 6.42. The highest BCUT2D eigenvalue weighted by Gasteiger charge is 2.39. The molecule has 2 amide bonds. The Morgan fingerprint density at radius 3 is 2.50 bits per heavy atom. The Bertz CT molecular complexity index is 344. The molecule has 0 saturated carbocycles. The highest BCUT2D eigenvalue weighted by atomic mass is 16.4. The molecule has 1 fully saturated rings. The number of carbonyl (C=O) groups is 2. The monoisotopic (exact) mass is 284 g/mol. The Morgan fingerprint density at radius 2 is 1.95 bits per heavy atom. The lowest BCUT2D eigenvalue weighted by atomic mass is 10.0. The zero-order valence-electron chi connectivity index (χ0n) is 13.1. The van der Waals surface area contributed by atoms with E-state index in [0.717, 1.165) is 25.7 Å². The number of amides is 2. The van der Waals surface area contributed by atoms with E-state index in [1.165, 1.54) is 4.90 Å². The number of carboxylic acids is 1. The van der Waals surface area contributed by atoms with Gasteiger partial charge in [-0.05, 0) is 31.6 Å². The van der Waals surface area contributed by atoms with Crippen LogP contribution in [0.5, 0.6) is 0 Å². The van der Waals surface area contributed by atoms with E-state index in [-0.39, 0.29) is 18.0 Å². The van der Waals surface area contributed by atoms with Crippen LogP contribution < -0.4 is 5.32 Å². The Kier molecular flexibility index (Phi) is 6.30. The second-order valence-corrected chi connectivity index (χ2v) is 6.42. The van der Waals surface area contributed by atoms with E-state index in [1.54, 1.807) is 0 Å². The van der Waals surface area contributed by atoms with Gasteiger partial charge in [0.15, 0.2) is 0 Å². The highest BCUT2D eigenvalue weighted by molar-refractivity contribution is 5.83. The molecule has 20 heavy (non-hydrogen) atoms. The number of nitrogens with zero attached hydrogens (tertiary/aromatic N) is 1. The molecule has 1 heterocycles. The molecule has 1 aliphatic heterocycles. The van der Waals surface area contributed by atoms with Crippen LogP contribution in [0.1, 0.15) is 53.4 Å². The maximum absolute atomic E-state index is 12.2. The molecule has 2 N–H and O–H groups in total. The maximum Gasteiger partial charge on any atom is 0.326 e. The van der Waals surface area contributed by atoms with Crippen molar-refractivity contribution in [3.05, 3.63) is 0 Å². The minimum atomic E-state index is -0.905. The largest absolute Gasteiger partial charge is 0.480 e. The summed E-state index contributed by atoms with van der Waals surface area (Å²) in [7, 11) is 0. The molecule has 3 unspecified atom stereocenters. The summed E-state index contributed by atoms with van der Waals surface area (Å²) >= 11 is 0. The molecular formula is C15H28N2O3. The van der Waals surface area contributed by atoms with Crippen molar-refractivity contribution in [1.29, 1.82) is 0 Å². The third-order valence-corrected chi connectivity index (χ3v) is 4.00. The number of rotatable bonds is 6. The minimum absolute atomic E-state index is 0.0227. The zero-order valence-corrected chi connectivity index (χ0v) is 13.1. The van der Waals surface area contributed by atoms with Crippen molar-refractivity contribution in [2.24, 2.45) is 11.8 Å². The van der Waals surface area contributed by atoms with Crippen molar-refractivity contribution in [2.75, 3.05) is 6.54 Å². The van der Waals surface area contributed by atoms with Gasteiger partial charge in [-0.1, -0.05) is 33.6 Å². The maximum atomic E-state index is 12.2. The van der Waals surface area contributed by atoms with Gasteiger partial charge in [0.05, 0.1) is 0 Å². The molecule has 1 saturated heterocycles. The Balaban J connectivity index is 2.43. The van der Waals surface area contributed by atoms with Crippen molar-refractivity contribution in [3.8, 4) is 0 Å². The van der Waals surface area contributed by atoms with Gasteiger partial charge in [-0.25, -0.2) is 9.59 Å². The van der Waals surface area contributed by atoms with E-state index >= 15 is 0 Å². The smallest absolute Gasteiger partial charge is 0.326 e. The average Bonchev–Trinajstić information content (AvgIpc) is 2.70. The van der Waals surface area contributed by atoms with Crippen LogP contribution in [0.25, 0.3) is 0 Å². The van der Waals surface area contributed by atoms with E-state index in [0.29, 0.717) is 12.5 Å². The van der Waals surface area contributed by atoms with E-state index in [2.05, 4.69) is 19.2 Å². The lowest BCUT2D eigenvalue weighted by Crippen LogP contribution is -2.49. The Morgan fingerprint density at radius 1 is 1.30 bits per heavy atom.